The quantitative estimate of drug-likeness (QED) is 0.353. The van der Waals surface area contributed by atoms with Crippen LogP contribution in [0.1, 0.15) is 12.5 Å². The number of aryl methyl sites for hydroxylation is 1. The maximum absolute atomic E-state index is 11.8. The Morgan fingerprint density at radius 1 is 1.28 bits per heavy atom. The van der Waals surface area contributed by atoms with Gasteiger partial charge in [0.1, 0.15) is 4.90 Å². The van der Waals surface area contributed by atoms with E-state index in [2.05, 4.69) is 15.5 Å². The lowest BCUT2D eigenvalue weighted by molar-refractivity contribution is -0.140. The fourth-order valence-electron chi connectivity index (χ4n) is 1.13. The molecule has 0 aliphatic heterocycles. The molecule has 0 aliphatic rings. The Morgan fingerprint density at radius 3 is 2.33 bits per heavy atom. The van der Waals surface area contributed by atoms with Gasteiger partial charge >= 0.3 is 16.1 Å². The summed E-state index contributed by atoms with van der Waals surface area (Å²) in [6.45, 7) is 6.77. The Morgan fingerprint density at radius 2 is 1.83 bits per heavy atom. The minimum Gasteiger partial charge on any atom is -0.460 e. The van der Waals surface area contributed by atoms with Gasteiger partial charge < -0.3 is 8.92 Å². The number of rotatable bonds is 5. The molecule has 0 spiro atoms. The average molecular weight is 270 g/mol. The maximum atomic E-state index is 11.8. The molecule has 0 N–H and O–H groups in total. The molecule has 0 bridgehead atoms. The van der Waals surface area contributed by atoms with Crippen molar-refractivity contribution in [1.82, 2.24) is 0 Å². The molecule has 0 heterocycles. The standard InChI is InChI=1S/C12H14O5S/c1-4-16-12(13)10(3)17-18(14,15)11-7-5-9(2)6-8-11/h5-8H,3-4H2,1-2H3. The lowest BCUT2D eigenvalue weighted by atomic mass is 10.2. The monoisotopic (exact) mass is 270 g/mol. The molecule has 0 radical (unpaired) electrons. The van der Waals surface area contributed by atoms with Gasteiger partial charge in [-0.05, 0) is 32.6 Å². The summed E-state index contributed by atoms with van der Waals surface area (Å²) in [4.78, 5) is 11.2. The molecule has 1 aromatic rings. The third-order valence-electron chi connectivity index (χ3n) is 2.02. The molecule has 98 valence electrons. The van der Waals surface area contributed by atoms with E-state index in [1.54, 1.807) is 19.1 Å². The van der Waals surface area contributed by atoms with E-state index in [-0.39, 0.29) is 11.5 Å². The van der Waals surface area contributed by atoms with E-state index < -0.39 is 21.8 Å². The Bertz CT molecular complexity index is 542. The van der Waals surface area contributed by atoms with Crippen LogP contribution in [0.25, 0.3) is 0 Å². The lowest BCUT2D eigenvalue weighted by Gasteiger charge is -2.08. The molecule has 18 heavy (non-hydrogen) atoms. The first-order valence-corrected chi connectivity index (χ1v) is 6.65. The van der Waals surface area contributed by atoms with E-state index in [9.17, 15) is 13.2 Å². The van der Waals surface area contributed by atoms with Gasteiger partial charge in [-0.15, -0.1) is 0 Å². The first-order chi connectivity index (χ1) is 8.36. The Labute approximate surface area is 106 Å². The van der Waals surface area contributed by atoms with Gasteiger partial charge in [-0.3, -0.25) is 0 Å². The average Bonchev–Trinajstić information content (AvgIpc) is 2.29. The fourth-order valence-corrected chi connectivity index (χ4v) is 2.03. The number of hydrogen-bond acceptors (Lipinski definition) is 5. The summed E-state index contributed by atoms with van der Waals surface area (Å²) in [5.74, 6) is -1.45. The number of carbonyl (C=O) groups excluding carboxylic acids is 1. The lowest BCUT2D eigenvalue weighted by Crippen LogP contribution is -2.14. The smallest absolute Gasteiger partial charge is 0.374 e. The van der Waals surface area contributed by atoms with Gasteiger partial charge in [-0.2, -0.15) is 8.42 Å². The van der Waals surface area contributed by atoms with E-state index >= 15 is 0 Å². The SMILES string of the molecule is C=C(OS(=O)(=O)c1ccc(C)cc1)C(=O)OCC. The van der Waals surface area contributed by atoms with Gasteiger partial charge in [0.2, 0.25) is 5.76 Å². The van der Waals surface area contributed by atoms with Crippen LogP contribution in [0, 0.1) is 6.92 Å². The molecule has 1 aromatic carbocycles. The molecule has 1 rings (SSSR count). The highest BCUT2D eigenvalue weighted by Gasteiger charge is 2.21. The maximum Gasteiger partial charge on any atom is 0.374 e. The molecule has 0 aliphatic carbocycles. The summed E-state index contributed by atoms with van der Waals surface area (Å²) in [5, 5.41) is 0. The Kier molecular flexibility index (Phi) is 4.49. The van der Waals surface area contributed by atoms with Crippen molar-refractivity contribution < 1.29 is 22.1 Å². The van der Waals surface area contributed by atoms with Crippen LogP contribution in [0.3, 0.4) is 0 Å². The molecule has 0 atom stereocenters. The van der Waals surface area contributed by atoms with Crippen molar-refractivity contribution in [1.29, 1.82) is 0 Å². The van der Waals surface area contributed by atoms with E-state index in [4.69, 9.17) is 0 Å². The van der Waals surface area contributed by atoms with Gasteiger partial charge in [0.05, 0.1) is 6.61 Å². The van der Waals surface area contributed by atoms with Gasteiger partial charge in [0, 0.05) is 0 Å². The Hall–Kier alpha value is -1.82. The second-order valence-corrected chi connectivity index (χ2v) is 5.04. The van der Waals surface area contributed by atoms with Crippen molar-refractivity contribution in [2.45, 2.75) is 18.7 Å². The number of benzene rings is 1. The van der Waals surface area contributed by atoms with E-state index in [1.807, 2.05) is 6.92 Å². The van der Waals surface area contributed by atoms with Crippen LogP contribution in [-0.2, 0) is 23.8 Å². The minimum atomic E-state index is -4.04. The van der Waals surface area contributed by atoms with Crippen molar-refractivity contribution in [2.24, 2.45) is 0 Å². The van der Waals surface area contributed by atoms with Crippen LogP contribution in [0.4, 0.5) is 0 Å². The first kappa shape index (κ1) is 14.2. The van der Waals surface area contributed by atoms with Gasteiger partial charge in [-0.25, -0.2) is 4.79 Å². The second kappa shape index (κ2) is 5.68. The highest BCUT2D eigenvalue weighted by molar-refractivity contribution is 7.86. The van der Waals surface area contributed by atoms with Crippen LogP contribution in [0.5, 0.6) is 0 Å². The minimum absolute atomic E-state index is 0.0430. The molecule has 0 fully saturated rings. The number of esters is 1. The summed E-state index contributed by atoms with van der Waals surface area (Å²) >= 11 is 0. The van der Waals surface area contributed by atoms with E-state index in [0.717, 1.165) is 5.56 Å². The summed E-state index contributed by atoms with van der Waals surface area (Å²) in [7, 11) is -4.04. The van der Waals surface area contributed by atoms with Crippen molar-refractivity contribution in [2.75, 3.05) is 6.61 Å². The predicted octanol–water partition coefficient (Wildman–Crippen LogP) is 1.78. The molecular weight excluding hydrogens is 256 g/mol. The zero-order valence-electron chi connectivity index (χ0n) is 10.2. The summed E-state index contributed by atoms with van der Waals surface area (Å²) < 4.78 is 32.7. The zero-order chi connectivity index (χ0) is 13.8. The highest BCUT2D eigenvalue weighted by Crippen LogP contribution is 2.16. The third kappa shape index (κ3) is 3.59. The summed E-state index contributed by atoms with van der Waals surface area (Å²) in [6.07, 6.45) is 0. The largest absolute Gasteiger partial charge is 0.460 e. The number of carbonyl (C=O) groups is 1. The Balaban J connectivity index is 2.86. The molecule has 0 saturated heterocycles. The number of ether oxygens (including phenoxy) is 1. The molecule has 0 aromatic heterocycles. The predicted molar refractivity (Wildman–Crippen MR) is 65.2 cm³/mol. The zero-order valence-corrected chi connectivity index (χ0v) is 11.0. The molecular formula is C12H14O5S. The van der Waals surface area contributed by atoms with Crippen molar-refractivity contribution in [3.8, 4) is 0 Å². The molecule has 0 unspecified atom stereocenters. The topological polar surface area (TPSA) is 69.7 Å². The van der Waals surface area contributed by atoms with Crippen LogP contribution >= 0.6 is 0 Å². The van der Waals surface area contributed by atoms with Crippen LogP contribution in [0.15, 0.2) is 41.5 Å². The van der Waals surface area contributed by atoms with Gasteiger partial charge in [0.15, 0.2) is 0 Å². The van der Waals surface area contributed by atoms with Crippen LogP contribution in [0.2, 0.25) is 0 Å². The highest BCUT2D eigenvalue weighted by atomic mass is 32.2. The van der Waals surface area contributed by atoms with E-state index in [1.165, 1.54) is 12.1 Å². The van der Waals surface area contributed by atoms with Crippen molar-refractivity contribution >= 4 is 16.1 Å². The molecule has 0 saturated carbocycles. The fraction of sp³-hybridized carbons (Fsp3) is 0.250. The van der Waals surface area contributed by atoms with Gasteiger partial charge in [-0.1, -0.05) is 17.7 Å². The normalized spacial score (nSPS) is 10.8. The molecule has 5 nitrogen and oxygen atoms in total. The van der Waals surface area contributed by atoms with E-state index in [0.29, 0.717) is 0 Å². The first-order valence-electron chi connectivity index (χ1n) is 5.24. The third-order valence-corrected chi connectivity index (χ3v) is 3.29. The van der Waals surface area contributed by atoms with Crippen molar-refractivity contribution in [3.63, 3.8) is 0 Å². The summed E-state index contributed by atoms with van der Waals surface area (Å²) in [5.41, 5.74) is 0.915. The van der Waals surface area contributed by atoms with Gasteiger partial charge in [0.25, 0.3) is 0 Å². The number of hydrogen-bond donors (Lipinski definition) is 0. The molecule has 6 heteroatoms. The second-order valence-electron chi connectivity index (χ2n) is 3.49. The summed E-state index contributed by atoms with van der Waals surface area (Å²) in [6, 6.07) is 6.04. The molecule has 0 amide bonds. The van der Waals surface area contributed by atoms with Crippen LogP contribution < -0.4 is 0 Å². The van der Waals surface area contributed by atoms with Crippen LogP contribution in [-0.4, -0.2) is 21.0 Å². The van der Waals surface area contributed by atoms with Crippen molar-refractivity contribution in [3.05, 3.63) is 42.2 Å².